The van der Waals surface area contributed by atoms with Crippen LogP contribution in [0.3, 0.4) is 0 Å². The molecule has 0 saturated carbocycles. The predicted octanol–water partition coefficient (Wildman–Crippen LogP) is 4.79. The number of rotatable bonds is 7. The molecule has 0 radical (unpaired) electrons. The minimum Gasteiger partial charge on any atom is -0.337 e. The average Bonchev–Trinajstić information content (AvgIpc) is 3.21. The lowest BCUT2D eigenvalue weighted by Crippen LogP contribution is -2.39. The van der Waals surface area contributed by atoms with Gasteiger partial charge in [-0.25, -0.2) is 0 Å². The Morgan fingerprint density at radius 3 is 2.50 bits per heavy atom. The van der Waals surface area contributed by atoms with Gasteiger partial charge in [0.15, 0.2) is 0 Å². The molecule has 0 aromatic heterocycles. The van der Waals surface area contributed by atoms with Gasteiger partial charge < -0.3 is 15.1 Å². The molecule has 0 spiro atoms. The van der Waals surface area contributed by atoms with E-state index in [0.717, 1.165) is 36.4 Å². The number of nitrogens with zero attached hydrogens (tertiary/aromatic N) is 2. The largest absolute Gasteiger partial charge is 0.337 e. The van der Waals surface area contributed by atoms with Crippen LogP contribution in [0, 0.1) is 0 Å². The van der Waals surface area contributed by atoms with Crippen LogP contribution in [0.25, 0.3) is 0 Å². The molecule has 30 heavy (non-hydrogen) atoms. The van der Waals surface area contributed by atoms with Crippen LogP contribution in [-0.4, -0.2) is 48.3 Å². The number of nitrogens with one attached hydrogen (secondary N) is 1. The zero-order valence-corrected chi connectivity index (χ0v) is 18.8. The Balaban J connectivity index is 1.82. The molecule has 0 bridgehead atoms. The van der Waals surface area contributed by atoms with E-state index in [4.69, 9.17) is 23.2 Å². The number of hydrogen-bond acceptors (Lipinski definition) is 3. The Bertz CT molecular complexity index is 913. The van der Waals surface area contributed by atoms with Crippen molar-refractivity contribution in [2.45, 2.75) is 32.2 Å². The van der Waals surface area contributed by atoms with Crippen molar-refractivity contribution in [1.29, 1.82) is 0 Å². The van der Waals surface area contributed by atoms with Crippen molar-refractivity contribution in [3.05, 3.63) is 63.6 Å². The first kappa shape index (κ1) is 22.6. The third-order valence-corrected chi connectivity index (χ3v) is 6.16. The average molecular weight is 448 g/mol. The van der Waals surface area contributed by atoms with E-state index in [1.165, 1.54) is 19.8 Å². The van der Waals surface area contributed by atoms with Crippen LogP contribution in [0.1, 0.15) is 36.9 Å². The topological polar surface area (TPSA) is 52.7 Å². The number of likely N-dealkylation sites (N-methyl/N-ethyl adjacent to an activating group) is 1. The first-order valence-corrected chi connectivity index (χ1v) is 10.9. The van der Waals surface area contributed by atoms with Gasteiger partial charge in [0.1, 0.15) is 0 Å². The molecule has 7 heteroatoms. The summed E-state index contributed by atoms with van der Waals surface area (Å²) in [5, 5.41) is 3.75. The molecule has 1 N–H and O–H groups in total. The fourth-order valence-corrected chi connectivity index (χ4v) is 4.13. The van der Waals surface area contributed by atoms with E-state index in [1.807, 2.05) is 37.4 Å². The van der Waals surface area contributed by atoms with Crippen molar-refractivity contribution in [1.82, 2.24) is 9.80 Å². The van der Waals surface area contributed by atoms with E-state index in [-0.39, 0.29) is 24.3 Å². The van der Waals surface area contributed by atoms with Gasteiger partial charge in [-0.1, -0.05) is 41.4 Å². The zero-order chi connectivity index (χ0) is 21.7. The lowest BCUT2D eigenvalue weighted by atomic mass is 10.0. The molecule has 2 amide bonds. The standard InChI is InChI=1S/C23H27Cl2N3O2/c1-16(29)26-19-7-5-6-18(14-19)22(15-28-10-3-4-11-28)27(2)23(30)13-17-8-9-20(24)21(25)12-17/h5-9,12,14,22H,3-4,10-11,13,15H2,1-2H3,(H,26,29)/t22-/m0/s1. The summed E-state index contributed by atoms with van der Waals surface area (Å²) in [7, 11) is 1.84. The van der Waals surface area contributed by atoms with Crippen LogP contribution >= 0.6 is 23.2 Å². The zero-order valence-electron chi connectivity index (χ0n) is 17.3. The van der Waals surface area contributed by atoms with Crippen LogP contribution in [0.2, 0.25) is 10.0 Å². The van der Waals surface area contributed by atoms with Crippen molar-refractivity contribution in [2.24, 2.45) is 0 Å². The van der Waals surface area contributed by atoms with Crippen molar-refractivity contribution in [3.63, 3.8) is 0 Å². The van der Waals surface area contributed by atoms with Gasteiger partial charge >= 0.3 is 0 Å². The maximum Gasteiger partial charge on any atom is 0.227 e. The van der Waals surface area contributed by atoms with Gasteiger partial charge in [-0.15, -0.1) is 0 Å². The third-order valence-electron chi connectivity index (χ3n) is 5.42. The molecule has 5 nitrogen and oxygen atoms in total. The highest BCUT2D eigenvalue weighted by Crippen LogP contribution is 2.27. The number of hydrogen-bond donors (Lipinski definition) is 1. The summed E-state index contributed by atoms with van der Waals surface area (Å²) in [4.78, 5) is 28.8. The van der Waals surface area contributed by atoms with Gasteiger partial charge in [-0.3, -0.25) is 9.59 Å². The van der Waals surface area contributed by atoms with Crippen LogP contribution in [0.5, 0.6) is 0 Å². The predicted molar refractivity (Wildman–Crippen MR) is 122 cm³/mol. The Morgan fingerprint density at radius 1 is 1.10 bits per heavy atom. The summed E-state index contributed by atoms with van der Waals surface area (Å²) in [6, 6.07) is 12.9. The smallest absolute Gasteiger partial charge is 0.227 e. The lowest BCUT2D eigenvalue weighted by Gasteiger charge is -2.32. The molecular formula is C23H27Cl2N3O2. The molecule has 1 aliphatic heterocycles. The van der Waals surface area contributed by atoms with Gasteiger partial charge in [-0.2, -0.15) is 0 Å². The summed E-state index contributed by atoms with van der Waals surface area (Å²) in [5.74, 6) is -0.116. The number of benzene rings is 2. The van der Waals surface area contributed by atoms with Crippen molar-refractivity contribution in [2.75, 3.05) is 32.0 Å². The number of amides is 2. The summed E-state index contributed by atoms with van der Waals surface area (Å²) in [5.41, 5.74) is 2.56. The van der Waals surface area contributed by atoms with Gasteiger partial charge in [-0.05, 0) is 61.3 Å². The van der Waals surface area contributed by atoms with Gasteiger partial charge in [0.2, 0.25) is 11.8 Å². The number of carbonyl (C=O) groups excluding carboxylic acids is 2. The van der Waals surface area contributed by atoms with Crippen LogP contribution in [-0.2, 0) is 16.0 Å². The molecule has 1 fully saturated rings. The summed E-state index contributed by atoms with van der Waals surface area (Å²) in [6.07, 6.45) is 2.61. The molecular weight excluding hydrogens is 421 g/mol. The van der Waals surface area contributed by atoms with E-state index in [0.29, 0.717) is 10.0 Å². The summed E-state index contributed by atoms with van der Waals surface area (Å²) >= 11 is 12.1. The second-order valence-electron chi connectivity index (χ2n) is 7.76. The van der Waals surface area contributed by atoms with Gasteiger partial charge in [0.05, 0.1) is 22.5 Å². The molecule has 160 valence electrons. The van der Waals surface area contributed by atoms with E-state index in [2.05, 4.69) is 10.2 Å². The van der Waals surface area contributed by atoms with E-state index < -0.39 is 0 Å². The molecule has 0 unspecified atom stereocenters. The van der Waals surface area contributed by atoms with E-state index in [1.54, 1.807) is 17.0 Å². The van der Waals surface area contributed by atoms with Crippen molar-refractivity contribution in [3.8, 4) is 0 Å². The van der Waals surface area contributed by atoms with Crippen LogP contribution in [0.15, 0.2) is 42.5 Å². The summed E-state index contributed by atoms with van der Waals surface area (Å²) in [6.45, 7) is 4.32. The first-order chi connectivity index (χ1) is 14.3. The fraction of sp³-hybridized carbons (Fsp3) is 0.391. The summed E-state index contributed by atoms with van der Waals surface area (Å²) < 4.78 is 0. The molecule has 1 saturated heterocycles. The Morgan fingerprint density at radius 2 is 1.83 bits per heavy atom. The third kappa shape index (κ3) is 5.97. The molecule has 2 aromatic rings. The van der Waals surface area contributed by atoms with Crippen molar-refractivity contribution < 1.29 is 9.59 Å². The Labute approximate surface area is 187 Å². The fourth-order valence-electron chi connectivity index (χ4n) is 3.81. The van der Waals surface area contributed by atoms with E-state index >= 15 is 0 Å². The molecule has 0 aliphatic carbocycles. The minimum atomic E-state index is -0.118. The highest BCUT2D eigenvalue weighted by Gasteiger charge is 2.26. The van der Waals surface area contributed by atoms with Crippen molar-refractivity contribution >= 4 is 40.7 Å². The van der Waals surface area contributed by atoms with Crippen LogP contribution < -0.4 is 5.32 Å². The lowest BCUT2D eigenvalue weighted by molar-refractivity contribution is -0.131. The van der Waals surface area contributed by atoms with Gasteiger partial charge in [0.25, 0.3) is 0 Å². The number of anilines is 1. The maximum absolute atomic E-state index is 13.1. The monoisotopic (exact) mass is 447 g/mol. The van der Waals surface area contributed by atoms with Crippen LogP contribution in [0.4, 0.5) is 5.69 Å². The highest BCUT2D eigenvalue weighted by atomic mass is 35.5. The normalized spacial score (nSPS) is 15.1. The van der Waals surface area contributed by atoms with Gasteiger partial charge in [0, 0.05) is 26.2 Å². The second-order valence-corrected chi connectivity index (χ2v) is 8.57. The maximum atomic E-state index is 13.1. The molecule has 1 atom stereocenters. The van der Waals surface area contributed by atoms with E-state index in [9.17, 15) is 9.59 Å². The molecule has 2 aromatic carbocycles. The Kier molecular flexibility index (Phi) is 7.75. The number of halogens is 2. The first-order valence-electron chi connectivity index (χ1n) is 10.1. The molecule has 1 heterocycles. The molecule has 3 rings (SSSR count). The molecule has 1 aliphatic rings. The second kappa shape index (κ2) is 10.3. The minimum absolute atomic E-state index is 0.00233. The quantitative estimate of drug-likeness (QED) is 0.663. The number of likely N-dealkylation sites (tertiary alicyclic amines) is 1. The number of carbonyl (C=O) groups is 2. The SMILES string of the molecule is CC(=O)Nc1cccc([C@H](CN2CCCC2)N(C)C(=O)Cc2ccc(Cl)c(Cl)c2)c1. The Hall–Kier alpha value is -2.08. The highest BCUT2D eigenvalue weighted by molar-refractivity contribution is 6.42.